The number of hydrogen-bond acceptors (Lipinski definition) is 4. The van der Waals surface area contributed by atoms with Crippen molar-refractivity contribution in [2.24, 2.45) is 11.7 Å². The molecular formula is C15H19BrN4O. The number of hydrogen-bond donors (Lipinski definition) is 2. The first-order chi connectivity index (χ1) is 10.1. The second kappa shape index (κ2) is 7.43. The molecule has 1 aliphatic heterocycles. The highest BCUT2D eigenvalue weighted by molar-refractivity contribution is 9.10. The van der Waals surface area contributed by atoms with Gasteiger partial charge in [-0.3, -0.25) is 4.79 Å². The summed E-state index contributed by atoms with van der Waals surface area (Å²) in [5.74, 6) is 0.0514. The molecule has 2 rings (SSSR count). The predicted octanol–water partition coefficient (Wildman–Crippen LogP) is 1.61. The van der Waals surface area contributed by atoms with Gasteiger partial charge in [0.2, 0.25) is 5.91 Å². The van der Waals surface area contributed by atoms with E-state index in [2.05, 4.69) is 32.2 Å². The lowest BCUT2D eigenvalue weighted by atomic mass is 9.96. The van der Waals surface area contributed by atoms with Gasteiger partial charge in [0.1, 0.15) is 0 Å². The number of nitriles is 1. The SMILES string of the molecule is N#Cc1cc(Br)cc(N2CCCC(C(=O)NCCN)C2)c1. The maximum absolute atomic E-state index is 12.1. The molecular weight excluding hydrogens is 332 g/mol. The third kappa shape index (κ3) is 4.19. The van der Waals surface area contributed by atoms with E-state index in [9.17, 15) is 4.79 Å². The molecule has 1 fully saturated rings. The summed E-state index contributed by atoms with van der Waals surface area (Å²) >= 11 is 3.43. The zero-order chi connectivity index (χ0) is 15.2. The Kier molecular flexibility index (Phi) is 5.59. The Morgan fingerprint density at radius 1 is 1.52 bits per heavy atom. The molecule has 3 N–H and O–H groups in total. The molecule has 1 saturated heterocycles. The van der Waals surface area contributed by atoms with Gasteiger partial charge in [0.15, 0.2) is 0 Å². The van der Waals surface area contributed by atoms with Crippen LogP contribution in [0.1, 0.15) is 18.4 Å². The van der Waals surface area contributed by atoms with Gasteiger partial charge < -0.3 is 16.0 Å². The number of nitrogens with two attached hydrogens (primary N) is 1. The minimum atomic E-state index is -0.0187. The summed E-state index contributed by atoms with van der Waals surface area (Å²) in [6.07, 6.45) is 1.86. The Balaban J connectivity index is 2.09. The molecule has 6 heteroatoms. The number of piperidine rings is 1. The van der Waals surface area contributed by atoms with E-state index >= 15 is 0 Å². The number of carbonyl (C=O) groups excluding carboxylic acids is 1. The maximum Gasteiger partial charge on any atom is 0.224 e. The van der Waals surface area contributed by atoms with Gasteiger partial charge in [-0.15, -0.1) is 0 Å². The van der Waals surface area contributed by atoms with Crippen LogP contribution in [-0.2, 0) is 4.79 Å². The highest BCUT2D eigenvalue weighted by Crippen LogP contribution is 2.27. The van der Waals surface area contributed by atoms with Gasteiger partial charge in [0.05, 0.1) is 17.6 Å². The van der Waals surface area contributed by atoms with Crippen LogP contribution >= 0.6 is 15.9 Å². The lowest BCUT2D eigenvalue weighted by Crippen LogP contribution is -2.44. The average molecular weight is 351 g/mol. The minimum absolute atomic E-state index is 0.0187. The van der Waals surface area contributed by atoms with Crippen LogP contribution in [0, 0.1) is 17.2 Å². The topological polar surface area (TPSA) is 82.2 Å². The van der Waals surface area contributed by atoms with E-state index in [0.717, 1.165) is 29.5 Å². The Morgan fingerprint density at radius 3 is 3.05 bits per heavy atom. The van der Waals surface area contributed by atoms with E-state index in [1.807, 2.05) is 12.1 Å². The van der Waals surface area contributed by atoms with E-state index in [4.69, 9.17) is 11.0 Å². The molecule has 1 heterocycles. The molecule has 0 saturated carbocycles. The molecule has 1 aromatic rings. The van der Waals surface area contributed by atoms with E-state index in [-0.39, 0.29) is 11.8 Å². The smallest absolute Gasteiger partial charge is 0.224 e. The number of rotatable bonds is 4. The van der Waals surface area contributed by atoms with Gasteiger partial charge in [-0.25, -0.2) is 0 Å². The molecule has 0 spiro atoms. The normalized spacial score (nSPS) is 18.1. The molecule has 1 aliphatic rings. The molecule has 1 atom stereocenters. The summed E-state index contributed by atoms with van der Waals surface area (Å²) < 4.78 is 0.881. The van der Waals surface area contributed by atoms with Crippen molar-refractivity contribution in [3.8, 4) is 6.07 Å². The van der Waals surface area contributed by atoms with Gasteiger partial charge in [-0.05, 0) is 31.0 Å². The number of nitrogens with one attached hydrogen (secondary N) is 1. The standard InChI is InChI=1S/C15H19BrN4O/c16-13-6-11(9-18)7-14(8-13)20-5-1-2-12(10-20)15(21)19-4-3-17/h6-8,12H,1-5,10,17H2,(H,19,21). The van der Waals surface area contributed by atoms with Gasteiger partial charge in [-0.2, -0.15) is 5.26 Å². The zero-order valence-electron chi connectivity index (χ0n) is 11.8. The molecule has 21 heavy (non-hydrogen) atoms. The first-order valence-electron chi connectivity index (χ1n) is 7.07. The third-order valence-corrected chi connectivity index (χ3v) is 4.07. The number of halogens is 1. The molecule has 0 radical (unpaired) electrons. The second-order valence-corrected chi connectivity index (χ2v) is 6.09. The fourth-order valence-corrected chi connectivity index (χ4v) is 3.07. The first kappa shape index (κ1) is 15.8. The predicted molar refractivity (Wildman–Crippen MR) is 85.9 cm³/mol. The highest BCUT2D eigenvalue weighted by Gasteiger charge is 2.25. The van der Waals surface area contributed by atoms with Crippen molar-refractivity contribution in [1.29, 1.82) is 5.26 Å². The van der Waals surface area contributed by atoms with Crippen molar-refractivity contribution in [1.82, 2.24) is 5.32 Å². The Labute approximate surface area is 133 Å². The van der Waals surface area contributed by atoms with Crippen LogP contribution in [0.4, 0.5) is 5.69 Å². The Hall–Kier alpha value is -1.58. The third-order valence-electron chi connectivity index (χ3n) is 3.61. The fraction of sp³-hybridized carbons (Fsp3) is 0.467. The number of benzene rings is 1. The van der Waals surface area contributed by atoms with Crippen LogP contribution in [0.5, 0.6) is 0 Å². The molecule has 1 amide bonds. The van der Waals surface area contributed by atoms with Gasteiger partial charge in [0, 0.05) is 36.3 Å². The number of amides is 1. The monoisotopic (exact) mass is 350 g/mol. The summed E-state index contributed by atoms with van der Waals surface area (Å²) in [6, 6.07) is 7.80. The second-order valence-electron chi connectivity index (χ2n) is 5.17. The first-order valence-corrected chi connectivity index (χ1v) is 7.86. The zero-order valence-corrected chi connectivity index (χ0v) is 13.4. The van der Waals surface area contributed by atoms with Crippen LogP contribution in [0.3, 0.4) is 0 Å². The average Bonchev–Trinajstić information content (AvgIpc) is 2.52. The molecule has 1 aromatic carbocycles. The Bertz CT molecular complexity index is 555. The van der Waals surface area contributed by atoms with Crippen LogP contribution in [0.15, 0.2) is 22.7 Å². The van der Waals surface area contributed by atoms with E-state index < -0.39 is 0 Å². The van der Waals surface area contributed by atoms with Crippen molar-refractivity contribution >= 4 is 27.5 Å². The number of anilines is 1. The van der Waals surface area contributed by atoms with Crippen LogP contribution in [0.25, 0.3) is 0 Å². The lowest BCUT2D eigenvalue weighted by molar-refractivity contribution is -0.125. The summed E-state index contributed by atoms with van der Waals surface area (Å²) in [6.45, 7) is 2.56. The molecule has 0 aliphatic carbocycles. The molecule has 0 bridgehead atoms. The van der Waals surface area contributed by atoms with Crippen molar-refractivity contribution in [3.05, 3.63) is 28.2 Å². The fourth-order valence-electron chi connectivity index (χ4n) is 2.59. The molecule has 1 unspecified atom stereocenters. The van der Waals surface area contributed by atoms with Gasteiger partial charge in [-0.1, -0.05) is 15.9 Å². The quantitative estimate of drug-likeness (QED) is 0.864. The largest absolute Gasteiger partial charge is 0.371 e. The van der Waals surface area contributed by atoms with Crippen LogP contribution in [-0.4, -0.2) is 32.1 Å². The van der Waals surface area contributed by atoms with Crippen molar-refractivity contribution in [2.45, 2.75) is 12.8 Å². The lowest BCUT2D eigenvalue weighted by Gasteiger charge is -2.34. The van der Waals surface area contributed by atoms with Crippen molar-refractivity contribution < 1.29 is 4.79 Å². The number of nitrogens with zero attached hydrogens (tertiary/aromatic N) is 2. The van der Waals surface area contributed by atoms with Gasteiger partial charge in [0.25, 0.3) is 0 Å². The van der Waals surface area contributed by atoms with E-state index in [1.165, 1.54) is 0 Å². The molecule has 112 valence electrons. The van der Waals surface area contributed by atoms with Crippen molar-refractivity contribution in [2.75, 3.05) is 31.1 Å². The number of carbonyl (C=O) groups is 1. The maximum atomic E-state index is 12.1. The van der Waals surface area contributed by atoms with Crippen LogP contribution < -0.4 is 16.0 Å². The van der Waals surface area contributed by atoms with Gasteiger partial charge >= 0.3 is 0 Å². The molecule has 5 nitrogen and oxygen atoms in total. The minimum Gasteiger partial charge on any atom is -0.371 e. The highest BCUT2D eigenvalue weighted by atomic mass is 79.9. The molecule has 0 aromatic heterocycles. The summed E-state index contributed by atoms with van der Waals surface area (Å²) in [5, 5.41) is 11.9. The Morgan fingerprint density at radius 2 is 2.33 bits per heavy atom. The van der Waals surface area contributed by atoms with E-state index in [0.29, 0.717) is 25.2 Å². The summed E-state index contributed by atoms with van der Waals surface area (Å²) in [4.78, 5) is 14.2. The van der Waals surface area contributed by atoms with Crippen molar-refractivity contribution in [3.63, 3.8) is 0 Å². The van der Waals surface area contributed by atoms with E-state index in [1.54, 1.807) is 6.07 Å². The van der Waals surface area contributed by atoms with Crippen LogP contribution in [0.2, 0.25) is 0 Å². The summed E-state index contributed by atoms with van der Waals surface area (Å²) in [5.41, 5.74) is 7.02. The summed E-state index contributed by atoms with van der Waals surface area (Å²) in [7, 11) is 0.